The zero-order valence-electron chi connectivity index (χ0n) is 21.0. The molecule has 1 aromatic heterocycles. The Kier molecular flexibility index (Phi) is 6.67. The first-order chi connectivity index (χ1) is 18.0. The van der Waals surface area contributed by atoms with Crippen LogP contribution in [0.5, 0.6) is 11.5 Å². The van der Waals surface area contributed by atoms with Crippen molar-refractivity contribution in [2.45, 2.75) is 19.9 Å². The van der Waals surface area contributed by atoms with E-state index in [1.807, 2.05) is 54.6 Å². The summed E-state index contributed by atoms with van der Waals surface area (Å²) in [6.45, 7) is 3.77. The molecule has 1 aliphatic rings. The molecular weight excluding hydrogens is 488 g/mol. The molecule has 0 aliphatic carbocycles. The molecule has 0 amide bonds. The predicted molar refractivity (Wildman–Crippen MR) is 144 cm³/mol. The van der Waals surface area contributed by atoms with Gasteiger partial charge in [0, 0.05) is 11.6 Å². The molecule has 0 saturated heterocycles. The van der Waals surface area contributed by atoms with E-state index in [4.69, 9.17) is 14.2 Å². The minimum absolute atomic E-state index is 0.222. The number of allylic oxidation sites excluding steroid dienone is 1. The molecule has 0 spiro atoms. The summed E-state index contributed by atoms with van der Waals surface area (Å²) in [7, 11) is 3.16. The first-order valence-electron chi connectivity index (χ1n) is 11.9. The molecule has 1 aliphatic heterocycles. The Balaban J connectivity index is 1.78. The summed E-state index contributed by atoms with van der Waals surface area (Å²) in [5, 5.41) is 1.97. The third-order valence-corrected chi connectivity index (χ3v) is 7.35. The molecule has 0 radical (unpaired) electrons. The minimum Gasteiger partial charge on any atom is -0.497 e. The number of carbonyl (C=O) groups excluding carboxylic acids is 1. The average molecular weight is 515 g/mol. The van der Waals surface area contributed by atoms with E-state index >= 15 is 0 Å². The van der Waals surface area contributed by atoms with Gasteiger partial charge in [0.25, 0.3) is 5.56 Å². The molecule has 8 heteroatoms. The molecule has 0 saturated carbocycles. The van der Waals surface area contributed by atoms with Crippen LogP contribution in [-0.4, -0.2) is 31.4 Å². The van der Waals surface area contributed by atoms with Crippen LogP contribution in [0.2, 0.25) is 0 Å². The van der Waals surface area contributed by atoms with Crippen molar-refractivity contribution in [3.05, 3.63) is 103 Å². The van der Waals surface area contributed by atoms with Crippen molar-refractivity contribution in [1.29, 1.82) is 0 Å². The van der Waals surface area contributed by atoms with Crippen LogP contribution >= 0.6 is 11.3 Å². The molecule has 1 atom stereocenters. The molecule has 188 valence electrons. The fraction of sp³-hybridized carbons (Fsp3) is 0.207. The zero-order valence-corrected chi connectivity index (χ0v) is 21.8. The highest BCUT2D eigenvalue weighted by Crippen LogP contribution is 2.35. The predicted octanol–water partition coefficient (Wildman–Crippen LogP) is 3.97. The second-order valence-electron chi connectivity index (χ2n) is 8.48. The largest absolute Gasteiger partial charge is 0.497 e. The number of fused-ring (bicyclic) bond motifs is 2. The van der Waals surface area contributed by atoms with Gasteiger partial charge in [-0.05, 0) is 48.4 Å². The second kappa shape index (κ2) is 10.1. The fourth-order valence-corrected chi connectivity index (χ4v) is 5.69. The van der Waals surface area contributed by atoms with Gasteiger partial charge in [0.1, 0.15) is 11.5 Å². The Hall–Kier alpha value is -4.17. The molecular formula is C29H26N2O5S. The maximum Gasteiger partial charge on any atom is 0.338 e. The van der Waals surface area contributed by atoms with Crippen LogP contribution in [0.25, 0.3) is 16.8 Å². The van der Waals surface area contributed by atoms with E-state index in [1.54, 1.807) is 44.8 Å². The summed E-state index contributed by atoms with van der Waals surface area (Å²) in [4.78, 5) is 32.3. The third kappa shape index (κ3) is 4.34. The van der Waals surface area contributed by atoms with Crippen LogP contribution in [0.15, 0.2) is 81.7 Å². The standard InChI is InChI=1S/C29H26N2O5S/c1-5-36-28(33)25-17(2)30-29-31(26(25)22-12-8-10-18-9-6-7-11-21(18)22)27(32)24(37-29)15-19-13-14-20(34-3)16-23(19)35-4/h6-16,26H,5H2,1-4H3/b24-15-/t26-/m1/s1. The lowest BCUT2D eigenvalue weighted by Crippen LogP contribution is -2.40. The third-order valence-electron chi connectivity index (χ3n) is 6.36. The Labute approximate surface area is 217 Å². The van der Waals surface area contributed by atoms with Crippen molar-refractivity contribution < 1.29 is 19.0 Å². The summed E-state index contributed by atoms with van der Waals surface area (Å²) in [5.41, 5.74) is 2.22. The van der Waals surface area contributed by atoms with Crippen LogP contribution in [0.1, 0.15) is 31.0 Å². The van der Waals surface area contributed by atoms with Gasteiger partial charge in [-0.1, -0.05) is 53.8 Å². The minimum atomic E-state index is -0.679. The normalized spacial score (nSPS) is 15.4. The van der Waals surface area contributed by atoms with E-state index in [1.165, 1.54) is 11.3 Å². The average Bonchev–Trinajstić information content (AvgIpc) is 3.22. The number of esters is 1. The number of aromatic nitrogens is 1. The molecule has 0 bridgehead atoms. The van der Waals surface area contributed by atoms with Crippen molar-refractivity contribution in [2.24, 2.45) is 4.99 Å². The first kappa shape index (κ1) is 24.5. The Bertz CT molecular complexity index is 1730. The van der Waals surface area contributed by atoms with Crippen molar-refractivity contribution in [1.82, 2.24) is 4.57 Å². The highest BCUT2D eigenvalue weighted by atomic mass is 32.1. The summed E-state index contributed by atoms with van der Waals surface area (Å²) < 4.78 is 18.3. The monoisotopic (exact) mass is 514 g/mol. The van der Waals surface area contributed by atoms with E-state index < -0.39 is 12.0 Å². The van der Waals surface area contributed by atoms with Crippen molar-refractivity contribution in [3.8, 4) is 11.5 Å². The Morgan fingerprint density at radius 1 is 1.08 bits per heavy atom. The number of nitrogens with zero attached hydrogens (tertiary/aromatic N) is 2. The molecule has 0 fully saturated rings. The molecule has 37 heavy (non-hydrogen) atoms. The van der Waals surface area contributed by atoms with Gasteiger partial charge in [0.2, 0.25) is 0 Å². The van der Waals surface area contributed by atoms with Gasteiger partial charge >= 0.3 is 5.97 Å². The van der Waals surface area contributed by atoms with Crippen LogP contribution < -0.4 is 24.4 Å². The highest BCUT2D eigenvalue weighted by Gasteiger charge is 2.34. The molecule has 0 unspecified atom stereocenters. The quantitative estimate of drug-likeness (QED) is 0.364. The SMILES string of the molecule is CCOC(=O)C1=C(C)N=c2s/c(=C\c3ccc(OC)cc3OC)c(=O)n2[C@@H]1c1cccc2ccccc12. The highest BCUT2D eigenvalue weighted by molar-refractivity contribution is 7.07. The Morgan fingerprint density at radius 3 is 2.62 bits per heavy atom. The van der Waals surface area contributed by atoms with E-state index in [0.29, 0.717) is 32.1 Å². The number of methoxy groups -OCH3 is 2. The number of ether oxygens (including phenoxy) is 3. The number of benzene rings is 3. The van der Waals surface area contributed by atoms with Gasteiger partial charge in [0.15, 0.2) is 4.80 Å². The van der Waals surface area contributed by atoms with E-state index in [9.17, 15) is 9.59 Å². The van der Waals surface area contributed by atoms with Gasteiger partial charge in [0.05, 0.1) is 42.7 Å². The zero-order chi connectivity index (χ0) is 26.1. The maximum absolute atomic E-state index is 13.9. The molecule has 7 nitrogen and oxygen atoms in total. The van der Waals surface area contributed by atoms with Crippen LogP contribution in [0, 0.1) is 0 Å². The smallest absolute Gasteiger partial charge is 0.338 e. The number of carbonyl (C=O) groups is 1. The summed E-state index contributed by atoms with van der Waals surface area (Å²) >= 11 is 1.28. The summed E-state index contributed by atoms with van der Waals surface area (Å²) in [6.07, 6.45) is 1.78. The number of hydrogen-bond donors (Lipinski definition) is 0. The molecule has 2 heterocycles. The lowest BCUT2D eigenvalue weighted by Gasteiger charge is -2.25. The lowest BCUT2D eigenvalue weighted by molar-refractivity contribution is -0.139. The fourth-order valence-electron chi connectivity index (χ4n) is 4.65. The van der Waals surface area contributed by atoms with Gasteiger partial charge in [-0.25, -0.2) is 9.79 Å². The van der Waals surface area contributed by atoms with Crippen molar-refractivity contribution >= 4 is 34.2 Å². The van der Waals surface area contributed by atoms with E-state index in [-0.39, 0.29) is 12.2 Å². The van der Waals surface area contributed by atoms with Crippen LogP contribution in [-0.2, 0) is 9.53 Å². The molecule has 5 rings (SSSR count). The van der Waals surface area contributed by atoms with Crippen LogP contribution in [0.4, 0.5) is 0 Å². The van der Waals surface area contributed by atoms with E-state index in [0.717, 1.165) is 21.9 Å². The van der Waals surface area contributed by atoms with Gasteiger partial charge in [-0.15, -0.1) is 0 Å². The number of rotatable bonds is 6. The first-order valence-corrected chi connectivity index (χ1v) is 12.7. The lowest BCUT2D eigenvalue weighted by atomic mass is 9.91. The molecule has 0 N–H and O–H groups in total. The summed E-state index contributed by atoms with van der Waals surface area (Å²) in [5.74, 6) is 0.757. The second-order valence-corrected chi connectivity index (χ2v) is 9.49. The number of thiazole rings is 1. The van der Waals surface area contributed by atoms with Gasteiger partial charge < -0.3 is 14.2 Å². The molecule has 3 aromatic carbocycles. The number of hydrogen-bond acceptors (Lipinski definition) is 7. The van der Waals surface area contributed by atoms with Gasteiger partial charge in [-0.2, -0.15) is 0 Å². The maximum atomic E-state index is 13.9. The van der Waals surface area contributed by atoms with E-state index in [2.05, 4.69) is 4.99 Å². The van der Waals surface area contributed by atoms with Crippen LogP contribution in [0.3, 0.4) is 0 Å². The van der Waals surface area contributed by atoms with Crippen molar-refractivity contribution in [3.63, 3.8) is 0 Å². The molecule has 4 aromatic rings. The van der Waals surface area contributed by atoms with Crippen molar-refractivity contribution in [2.75, 3.05) is 20.8 Å². The summed E-state index contributed by atoms with van der Waals surface area (Å²) in [6, 6.07) is 18.6. The van der Waals surface area contributed by atoms with Gasteiger partial charge in [-0.3, -0.25) is 9.36 Å². The Morgan fingerprint density at radius 2 is 1.86 bits per heavy atom. The topological polar surface area (TPSA) is 79.1 Å².